The quantitative estimate of drug-likeness (QED) is 0.121. The molecule has 0 N–H and O–H groups in total. The number of para-hydroxylation sites is 2. The minimum absolute atomic E-state index is 0.0551. The van der Waals surface area contributed by atoms with Crippen LogP contribution in [0.5, 0.6) is 0 Å². The normalized spacial score (nSPS) is 13.2. The number of rotatable bonds is 6. The summed E-state index contributed by atoms with van der Waals surface area (Å²) in [5, 5.41) is 8.05. The van der Waals surface area contributed by atoms with Crippen LogP contribution in [0, 0.1) is 0 Å². The van der Waals surface area contributed by atoms with E-state index in [0.717, 1.165) is 0 Å². The molecule has 2 heteroatoms. The predicted molar refractivity (Wildman–Crippen MR) is 227 cm³/mol. The van der Waals surface area contributed by atoms with Crippen LogP contribution in [0.25, 0.3) is 49.7 Å². The Bertz CT molecular complexity index is 2760. The number of aromatic nitrogens is 1. The van der Waals surface area contributed by atoms with Crippen LogP contribution in [0.3, 0.4) is 0 Å². The zero-order chi connectivity index (χ0) is 35.6. The standard InChI is InChI=1S/C51H39NSi/c1-51(2)47-27-14-12-25-43(47)44-31-29-37(34-48(44)51)36-17-16-24-41(33-36)53(39-20-8-4-9-21-39,40-22-10-5-11-23-40)42-30-32-50-46(35-42)45-26-13-15-28-49(45)52(50)38-18-6-3-7-19-38/h3-35H,1-2H3. The van der Waals surface area contributed by atoms with E-state index in [-0.39, 0.29) is 5.41 Å². The van der Waals surface area contributed by atoms with E-state index in [9.17, 15) is 0 Å². The topological polar surface area (TPSA) is 4.93 Å². The average Bonchev–Trinajstić information content (AvgIpc) is 3.67. The highest BCUT2D eigenvalue weighted by atomic mass is 28.3. The molecule has 1 aromatic heterocycles. The summed E-state index contributed by atoms with van der Waals surface area (Å²) in [4.78, 5) is 0. The molecule has 10 rings (SSSR count). The number of hydrogen-bond donors (Lipinski definition) is 0. The lowest BCUT2D eigenvalue weighted by molar-refractivity contribution is 0.660. The molecule has 252 valence electrons. The van der Waals surface area contributed by atoms with Crippen molar-refractivity contribution in [1.29, 1.82) is 0 Å². The smallest absolute Gasteiger partial charge is 0.179 e. The summed E-state index contributed by atoms with van der Waals surface area (Å²) in [5.41, 5.74) is 11.6. The van der Waals surface area contributed by atoms with Crippen LogP contribution in [-0.2, 0) is 5.41 Å². The van der Waals surface area contributed by atoms with Crippen molar-refractivity contribution in [2.45, 2.75) is 19.3 Å². The SMILES string of the molecule is CC1(C)c2ccccc2-c2ccc(-c3cccc([Si](c4ccccc4)(c4ccccc4)c4ccc5c(c4)c4ccccc4n5-c4ccccc4)c3)cc21. The van der Waals surface area contributed by atoms with Gasteiger partial charge >= 0.3 is 0 Å². The summed E-state index contributed by atoms with van der Waals surface area (Å²) < 4.78 is 2.41. The van der Waals surface area contributed by atoms with Crippen molar-refractivity contribution in [1.82, 2.24) is 4.57 Å². The molecule has 0 aliphatic heterocycles. The molecule has 0 saturated heterocycles. The molecule has 9 aromatic rings. The molecule has 1 aliphatic carbocycles. The highest BCUT2D eigenvalue weighted by Crippen LogP contribution is 2.49. The van der Waals surface area contributed by atoms with Crippen molar-refractivity contribution < 1.29 is 0 Å². The third-order valence-corrected chi connectivity index (χ3v) is 16.5. The maximum absolute atomic E-state index is 2.85. The van der Waals surface area contributed by atoms with Crippen molar-refractivity contribution in [3.8, 4) is 27.9 Å². The second kappa shape index (κ2) is 12.2. The molecule has 0 spiro atoms. The molecule has 53 heavy (non-hydrogen) atoms. The van der Waals surface area contributed by atoms with Crippen LogP contribution in [0.2, 0.25) is 0 Å². The van der Waals surface area contributed by atoms with E-state index in [2.05, 4.69) is 219 Å². The molecule has 1 aliphatic rings. The van der Waals surface area contributed by atoms with Crippen molar-refractivity contribution in [3.05, 3.63) is 211 Å². The zero-order valence-electron chi connectivity index (χ0n) is 30.0. The molecule has 0 fully saturated rings. The largest absolute Gasteiger partial charge is 0.309 e. The van der Waals surface area contributed by atoms with Crippen molar-refractivity contribution >= 4 is 50.6 Å². The second-order valence-corrected chi connectivity index (χ2v) is 18.7. The summed E-state index contributed by atoms with van der Waals surface area (Å²) in [6.07, 6.45) is 0. The molecule has 0 bridgehead atoms. The summed E-state index contributed by atoms with van der Waals surface area (Å²) in [6, 6.07) is 75.0. The Morgan fingerprint density at radius 3 is 1.70 bits per heavy atom. The molecule has 8 aromatic carbocycles. The monoisotopic (exact) mass is 693 g/mol. The van der Waals surface area contributed by atoms with Gasteiger partial charge in [0.05, 0.1) is 11.0 Å². The molecule has 0 unspecified atom stereocenters. The first-order chi connectivity index (χ1) is 26.0. The third-order valence-electron chi connectivity index (χ3n) is 11.7. The van der Waals surface area contributed by atoms with E-state index in [1.54, 1.807) is 0 Å². The fourth-order valence-corrected chi connectivity index (χ4v) is 14.1. The molecule has 0 radical (unpaired) electrons. The van der Waals surface area contributed by atoms with Gasteiger partial charge in [-0.05, 0) is 84.5 Å². The van der Waals surface area contributed by atoms with Crippen molar-refractivity contribution in [2.24, 2.45) is 0 Å². The van der Waals surface area contributed by atoms with Gasteiger partial charge in [-0.1, -0.05) is 184 Å². The van der Waals surface area contributed by atoms with Crippen LogP contribution in [0.15, 0.2) is 200 Å². The number of fused-ring (bicyclic) bond motifs is 6. The van der Waals surface area contributed by atoms with Gasteiger partial charge < -0.3 is 4.57 Å². The van der Waals surface area contributed by atoms with Gasteiger partial charge in [0.25, 0.3) is 0 Å². The maximum Gasteiger partial charge on any atom is 0.179 e. The number of nitrogens with zero attached hydrogens (tertiary/aromatic N) is 1. The Hall–Kier alpha value is -6.22. The molecule has 0 atom stereocenters. The van der Waals surface area contributed by atoms with E-state index in [4.69, 9.17) is 0 Å². The van der Waals surface area contributed by atoms with Crippen LogP contribution < -0.4 is 20.7 Å². The lowest BCUT2D eigenvalue weighted by atomic mass is 9.81. The Kier molecular flexibility index (Phi) is 7.25. The fourth-order valence-electron chi connectivity index (χ4n) is 9.25. The Morgan fingerprint density at radius 1 is 0.377 bits per heavy atom. The highest BCUT2D eigenvalue weighted by Gasteiger charge is 2.42. The Labute approximate surface area is 312 Å². The first kappa shape index (κ1) is 31.5. The highest BCUT2D eigenvalue weighted by molar-refractivity contribution is 7.20. The van der Waals surface area contributed by atoms with Crippen LogP contribution in [-0.4, -0.2) is 12.6 Å². The molecule has 0 saturated carbocycles. The number of benzene rings is 8. The Balaban J connectivity index is 1.23. The second-order valence-electron chi connectivity index (χ2n) is 14.9. The van der Waals surface area contributed by atoms with Crippen LogP contribution >= 0.6 is 0 Å². The van der Waals surface area contributed by atoms with E-state index in [1.807, 2.05) is 0 Å². The van der Waals surface area contributed by atoms with Gasteiger partial charge in [0.15, 0.2) is 8.07 Å². The molecular weight excluding hydrogens is 655 g/mol. The maximum atomic E-state index is 2.52. The van der Waals surface area contributed by atoms with Gasteiger partial charge in [-0.2, -0.15) is 0 Å². The average molecular weight is 694 g/mol. The van der Waals surface area contributed by atoms with Gasteiger partial charge in [-0.15, -0.1) is 0 Å². The van der Waals surface area contributed by atoms with Crippen molar-refractivity contribution in [3.63, 3.8) is 0 Å². The molecule has 1 heterocycles. The van der Waals surface area contributed by atoms with Gasteiger partial charge in [0, 0.05) is 21.9 Å². The summed E-state index contributed by atoms with van der Waals surface area (Å²) in [6.45, 7) is 4.73. The van der Waals surface area contributed by atoms with Gasteiger partial charge in [-0.25, -0.2) is 0 Å². The van der Waals surface area contributed by atoms with Gasteiger partial charge in [0.1, 0.15) is 0 Å². The number of hydrogen-bond acceptors (Lipinski definition) is 0. The lowest BCUT2D eigenvalue weighted by Gasteiger charge is -2.35. The molecule has 1 nitrogen and oxygen atoms in total. The molecular formula is C51H39NSi. The van der Waals surface area contributed by atoms with Crippen LogP contribution in [0.4, 0.5) is 0 Å². The lowest BCUT2D eigenvalue weighted by Crippen LogP contribution is -2.74. The first-order valence-corrected chi connectivity index (χ1v) is 20.6. The summed E-state index contributed by atoms with van der Waals surface area (Å²) in [7, 11) is -2.85. The predicted octanol–water partition coefficient (Wildman–Crippen LogP) is 10.1. The summed E-state index contributed by atoms with van der Waals surface area (Å²) >= 11 is 0. The Morgan fingerprint density at radius 2 is 0.943 bits per heavy atom. The van der Waals surface area contributed by atoms with Gasteiger partial charge in [-0.3, -0.25) is 0 Å². The van der Waals surface area contributed by atoms with Crippen molar-refractivity contribution in [2.75, 3.05) is 0 Å². The zero-order valence-corrected chi connectivity index (χ0v) is 31.0. The van der Waals surface area contributed by atoms with E-state index in [1.165, 1.54) is 81.6 Å². The third kappa shape index (κ3) is 4.76. The molecule has 0 amide bonds. The van der Waals surface area contributed by atoms with E-state index in [0.29, 0.717) is 0 Å². The van der Waals surface area contributed by atoms with Crippen LogP contribution in [0.1, 0.15) is 25.0 Å². The fraction of sp³-hybridized carbons (Fsp3) is 0.0588. The summed E-state index contributed by atoms with van der Waals surface area (Å²) in [5.74, 6) is 0. The van der Waals surface area contributed by atoms with Gasteiger partial charge in [0.2, 0.25) is 0 Å². The first-order valence-electron chi connectivity index (χ1n) is 18.6. The van der Waals surface area contributed by atoms with E-state index >= 15 is 0 Å². The van der Waals surface area contributed by atoms with E-state index < -0.39 is 8.07 Å². The minimum atomic E-state index is -2.85. The minimum Gasteiger partial charge on any atom is -0.309 e.